The SMILES string of the molecule is CCOC(=O)C1=C(CCl)OC(N)=C(C#N)C1c1ccc(OCC)c(OCC)c1. The normalized spacial score (nSPS) is 16.3. The Labute approximate surface area is 169 Å². The van der Waals surface area contributed by atoms with E-state index in [2.05, 4.69) is 0 Å². The highest BCUT2D eigenvalue weighted by atomic mass is 35.5. The van der Waals surface area contributed by atoms with Gasteiger partial charge in [0.25, 0.3) is 0 Å². The van der Waals surface area contributed by atoms with Crippen LogP contribution in [0.25, 0.3) is 0 Å². The highest BCUT2D eigenvalue weighted by Gasteiger charge is 2.37. The van der Waals surface area contributed by atoms with Gasteiger partial charge in [0.2, 0.25) is 5.88 Å². The molecule has 1 unspecified atom stereocenters. The van der Waals surface area contributed by atoms with Crippen molar-refractivity contribution in [1.29, 1.82) is 5.26 Å². The van der Waals surface area contributed by atoms with Crippen LogP contribution in [-0.4, -0.2) is 31.7 Å². The second-order valence-electron chi connectivity index (χ2n) is 5.69. The molecule has 1 heterocycles. The number of ether oxygens (including phenoxy) is 4. The van der Waals surface area contributed by atoms with E-state index in [0.717, 1.165) is 0 Å². The van der Waals surface area contributed by atoms with E-state index < -0.39 is 11.9 Å². The summed E-state index contributed by atoms with van der Waals surface area (Å²) in [5, 5.41) is 9.66. The van der Waals surface area contributed by atoms with Gasteiger partial charge in [-0.15, -0.1) is 11.6 Å². The van der Waals surface area contributed by atoms with Crippen molar-refractivity contribution in [1.82, 2.24) is 0 Å². The molecule has 0 radical (unpaired) electrons. The van der Waals surface area contributed by atoms with E-state index in [1.807, 2.05) is 19.9 Å². The summed E-state index contributed by atoms with van der Waals surface area (Å²) in [6.45, 7) is 6.47. The maximum atomic E-state index is 12.7. The monoisotopic (exact) mass is 406 g/mol. The number of hydrogen-bond acceptors (Lipinski definition) is 7. The minimum atomic E-state index is -0.790. The standard InChI is InChI=1S/C20H23ClN2O5/c1-4-25-14-8-7-12(9-15(14)26-5-2)17-13(11-22)19(23)28-16(10-21)18(17)20(24)27-6-3/h7-9,17H,4-6,10,23H2,1-3H3. The minimum absolute atomic E-state index is 0.0944. The molecule has 150 valence electrons. The summed E-state index contributed by atoms with van der Waals surface area (Å²) in [6.07, 6.45) is 0. The Balaban J connectivity index is 2.66. The number of benzene rings is 1. The van der Waals surface area contributed by atoms with Crippen molar-refractivity contribution in [2.45, 2.75) is 26.7 Å². The maximum Gasteiger partial charge on any atom is 0.338 e. The maximum absolute atomic E-state index is 12.7. The highest BCUT2D eigenvalue weighted by Crippen LogP contribution is 2.42. The van der Waals surface area contributed by atoms with E-state index in [9.17, 15) is 10.1 Å². The van der Waals surface area contributed by atoms with E-state index in [1.165, 1.54) is 0 Å². The number of allylic oxidation sites excluding steroid dienone is 2. The zero-order valence-electron chi connectivity index (χ0n) is 16.1. The Hall–Kier alpha value is -2.85. The molecule has 2 rings (SSSR count). The Kier molecular flexibility index (Phi) is 7.59. The number of nitriles is 1. The fourth-order valence-corrected chi connectivity index (χ4v) is 3.13. The summed E-state index contributed by atoms with van der Waals surface area (Å²) in [4.78, 5) is 12.7. The number of halogens is 1. The zero-order chi connectivity index (χ0) is 20.7. The highest BCUT2D eigenvalue weighted by molar-refractivity contribution is 6.19. The first-order valence-corrected chi connectivity index (χ1v) is 9.48. The smallest absolute Gasteiger partial charge is 0.338 e. The fourth-order valence-electron chi connectivity index (χ4n) is 2.93. The fraction of sp³-hybridized carbons (Fsp3) is 0.400. The van der Waals surface area contributed by atoms with Crippen LogP contribution in [0.5, 0.6) is 11.5 Å². The number of carbonyl (C=O) groups excluding carboxylic acids is 1. The number of esters is 1. The number of hydrogen-bond donors (Lipinski definition) is 1. The Morgan fingerprint density at radius 3 is 2.46 bits per heavy atom. The third-order valence-corrected chi connectivity index (χ3v) is 4.26. The van der Waals surface area contributed by atoms with Crippen LogP contribution in [0.4, 0.5) is 0 Å². The summed E-state index contributed by atoms with van der Waals surface area (Å²) in [7, 11) is 0. The average Bonchev–Trinajstić information content (AvgIpc) is 2.68. The lowest BCUT2D eigenvalue weighted by Crippen LogP contribution is -2.26. The van der Waals surface area contributed by atoms with Crippen LogP contribution >= 0.6 is 11.6 Å². The van der Waals surface area contributed by atoms with E-state index >= 15 is 0 Å². The molecule has 0 saturated heterocycles. The molecule has 1 aliphatic rings. The lowest BCUT2D eigenvalue weighted by molar-refractivity contribution is -0.139. The molecule has 2 N–H and O–H groups in total. The Morgan fingerprint density at radius 1 is 1.21 bits per heavy atom. The number of carbonyl (C=O) groups is 1. The third kappa shape index (κ3) is 4.34. The van der Waals surface area contributed by atoms with Crippen molar-refractivity contribution in [3.63, 3.8) is 0 Å². The molecule has 0 bridgehead atoms. The molecule has 0 fully saturated rings. The van der Waals surface area contributed by atoms with Crippen LogP contribution in [0.2, 0.25) is 0 Å². The first-order chi connectivity index (χ1) is 13.5. The molecule has 0 amide bonds. The van der Waals surface area contributed by atoms with Crippen molar-refractivity contribution >= 4 is 17.6 Å². The summed E-state index contributed by atoms with van der Waals surface area (Å²) in [6, 6.07) is 7.24. The summed E-state index contributed by atoms with van der Waals surface area (Å²) in [5.41, 5.74) is 6.79. The first-order valence-electron chi connectivity index (χ1n) is 8.95. The molecular weight excluding hydrogens is 384 g/mol. The summed E-state index contributed by atoms with van der Waals surface area (Å²) < 4.78 is 21.9. The van der Waals surface area contributed by atoms with Gasteiger partial charge in [-0.25, -0.2) is 4.79 Å². The van der Waals surface area contributed by atoms with Gasteiger partial charge in [-0.2, -0.15) is 5.26 Å². The van der Waals surface area contributed by atoms with Gasteiger partial charge in [0.15, 0.2) is 11.5 Å². The van der Waals surface area contributed by atoms with Crippen molar-refractivity contribution in [3.05, 3.63) is 46.6 Å². The molecular formula is C20H23ClN2O5. The second kappa shape index (κ2) is 9.90. The number of alkyl halides is 1. The lowest BCUT2D eigenvalue weighted by atomic mass is 9.83. The van der Waals surface area contributed by atoms with Crippen molar-refractivity contribution < 1.29 is 23.7 Å². The van der Waals surface area contributed by atoms with Crippen LogP contribution < -0.4 is 15.2 Å². The number of nitrogens with two attached hydrogens (primary N) is 1. The van der Waals surface area contributed by atoms with E-state index in [4.69, 9.17) is 36.3 Å². The third-order valence-electron chi connectivity index (χ3n) is 4.01. The van der Waals surface area contributed by atoms with E-state index in [0.29, 0.717) is 30.3 Å². The van der Waals surface area contributed by atoms with E-state index in [1.54, 1.807) is 25.1 Å². The van der Waals surface area contributed by atoms with Gasteiger partial charge in [-0.3, -0.25) is 0 Å². The van der Waals surface area contributed by atoms with Crippen LogP contribution in [-0.2, 0) is 14.3 Å². The number of nitrogens with zero attached hydrogens (tertiary/aromatic N) is 1. The quantitative estimate of drug-likeness (QED) is 0.521. The van der Waals surface area contributed by atoms with Crippen LogP contribution in [0, 0.1) is 11.3 Å². The minimum Gasteiger partial charge on any atom is -0.490 e. The first kappa shape index (κ1) is 21.5. The van der Waals surface area contributed by atoms with Gasteiger partial charge in [-0.05, 0) is 38.5 Å². The lowest BCUT2D eigenvalue weighted by Gasteiger charge is -2.28. The van der Waals surface area contributed by atoms with Crippen LogP contribution in [0.3, 0.4) is 0 Å². The van der Waals surface area contributed by atoms with Gasteiger partial charge in [0, 0.05) is 0 Å². The molecule has 1 aliphatic heterocycles. The molecule has 0 spiro atoms. The Bertz CT molecular complexity index is 841. The predicted octanol–water partition coefficient (Wildman–Crippen LogP) is 3.35. The molecule has 0 saturated carbocycles. The molecule has 7 nitrogen and oxygen atoms in total. The van der Waals surface area contributed by atoms with Gasteiger partial charge < -0.3 is 24.7 Å². The predicted molar refractivity (Wildman–Crippen MR) is 104 cm³/mol. The molecule has 0 aromatic heterocycles. The van der Waals surface area contributed by atoms with Gasteiger partial charge >= 0.3 is 5.97 Å². The largest absolute Gasteiger partial charge is 0.490 e. The zero-order valence-corrected chi connectivity index (χ0v) is 16.8. The van der Waals surface area contributed by atoms with Crippen LogP contribution in [0.15, 0.2) is 41.0 Å². The molecule has 1 atom stereocenters. The number of rotatable bonds is 8. The van der Waals surface area contributed by atoms with Gasteiger partial charge in [-0.1, -0.05) is 6.07 Å². The molecule has 28 heavy (non-hydrogen) atoms. The van der Waals surface area contributed by atoms with Crippen molar-refractivity contribution in [2.24, 2.45) is 5.73 Å². The van der Waals surface area contributed by atoms with E-state index in [-0.39, 0.29) is 35.3 Å². The molecule has 1 aromatic rings. The summed E-state index contributed by atoms with van der Waals surface area (Å²) >= 11 is 5.98. The van der Waals surface area contributed by atoms with Crippen LogP contribution in [0.1, 0.15) is 32.3 Å². The molecule has 1 aromatic carbocycles. The summed E-state index contributed by atoms with van der Waals surface area (Å²) in [5.74, 6) is -0.373. The van der Waals surface area contributed by atoms with Gasteiger partial charge in [0.05, 0.1) is 37.2 Å². The Morgan fingerprint density at radius 2 is 1.89 bits per heavy atom. The van der Waals surface area contributed by atoms with Gasteiger partial charge in [0.1, 0.15) is 17.4 Å². The molecule has 0 aliphatic carbocycles. The van der Waals surface area contributed by atoms with Crippen molar-refractivity contribution in [3.8, 4) is 17.6 Å². The van der Waals surface area contributed by atoms with Crippen molar-refractivity contribution in [2.75, 3.05) is 25.7 Å². The molecule has 8 heteroatoms. The second-order valence-corrected chi connectivity index (χ2v) is 5.96. The topological polar surface area (TPSA) is 104 Å². The average molecular weight is 407 g/mol.